The molecule has 0 saturated heterocycles. The highest BCUT2D eigenvalue weighted by Crippen LogP contribution is 2.32. The molecule has 0 aromatic heterocycles. The third-order valence-corrected chi connectivity index (χ3v) is 5.78. The summed E-state index contributed by atoms with van der Waals surface area (Å²) in [4.78, 5) is -0.357. The van der Waals surface area contributed by atoms with Gasteiger partial charge in [0.15, 0.2) is 0 Å². The topological polar surface area (TPSA) is 46.2 Å². The van der Waals surface area contributed by atoms with Crippen molar-refractivity contribution in [2.24, 2.45) is 0 Å². The number of hydrogen-bond acceptors (Lipinski definition) is 3. The van der Waals surface area contributed by atoms with Gasteiger partial charge >= 0.3 is 5.76 Å². The molecular weight excluding hydrogens is 332 g/mol. The third kappa shape index (κ3) is 3.43. The molecule has 0 fully saturated rings. The lowest BCUT2D eigenvalue weighted by molar-refractivity contribution is 0.234. The molecule has 3 nitrogen and oxygen atoms in total. The Morgan fingerprint density at radius 3 is 2.42 bits per heavy atom. The summed E-state index contributed by atoms with van der Waals surface area (Å²) >= 11 is 0. The van der Waals surface area contributed by atoms with Gasteiger partial charge in [0, 0.05) is 5.69 Å². The Morgan fingerprint density at radius 2 is 1.71 bits per heavy atom. The third-order valence-electron chi connectivity index (χ3n) is 4.38. The molecule has 2 aromatic carbocycles. The maximum absolute atomic E-state index is 12.6. The van der Waals surface area contributed by atoms with Crippen LogP contribution in [0.15, 0.2) is 53.4 Å². The van der Waals surface area contributed by atoms with Crippen LogP contribution >= 0.6 is 0 Å². The van der Waals surface area contributed by atoms with Crippen LogP contribution in [0.3, 0.4) is 0 Å². The van der Waals surface area contributed by atoms with Crippen molar-refractivity contribution in [3.8, 4) is 0 Å². The highest BCUT2D eigenvalue weighted by molar-refractivity contribution is 7.91. The van der Waals surface area contributed by atoms with E-state index in [0.29, 0.717) is 0 Å². The van der Waals surface area contributed by atoms with Crippen LogP contribution in [0.2, 0.25) is 0 Å². The van der Waals surface area contributed by atoms with E-state index in [2.05, 4.69) is 17.4 Å². The van der Waals surface area contributed by atoms with Gasteiger partial charge < -0.3 is 5.32 Å². The first-order valence-electron chi connectivity index (χ1n) is 7.95. The summed E-state index contributed by atoms with van der Waals surface area (Å²) in [5, 5.41) is 3.40. The predicted molar refractivity (Wildman–Crippen MR) is 90.0 cm³/mol. The molecule has 1 N–H and O–H groups in total. The van der Waals surface area contributed by atoms with E-state index >= 15 is 0 Å². The van der Waals surface area contributed by atoms with Gasteiger partial charge in [0.25, 0.3) is 0 Å². The minimum Gasteiger partial charge on any atom is -0.378 e. The zero-order valence-electron chi connectivity index (χ0n) is 13.1. The molecule has 0 bridgehead atoms. The van der Waals surface area contributed by atoms with Gasteiger partial charge in [0.1, 0.15) is 0 Å². The Bertz CT molecular complexity index is 804. The molecule has 0 amide bonds. The highest BCUT2D eigenvalue weighted by Gasteiger charge is 2.26. The van der Waals surface area contributed by atoms with Gasteiger partial charge in [-0.1, -0.05) is 30.7 Å². The Hall–Kier alpha value is -1.95. The summed E-state index contributed by atoms with van der Waals surface area (Å²) in [6.07, 6.45) is 4.28. The summed E-state index contributed by atoms with van der Waals surface area (Å²) in [6, 6.07) is 14.0. The summed E-state index contributed by atoms with van der Waals surface area (Å²) in [6.45, 7) is 0. The monoisotopic (exact) mass is 351 g/mol. The number of aryl methyl sites for hydroxylation is 1. The van der Waals surface area contributed by atoms with Crippen LogP contribution in [-0.2, 0) is 16.3 Å². The van der Waals surface area contributed by atoms with Gasteiger partial charge in [-0.25, -0.2) is 8.42 Å². The molecule has 3 rings (SSSR count). The van der Waals surface area contributed by atoms with Crippen molar-refractivity contribution < 1.29 is 17.2 Å². The second kappa shape index (κ2) is 6.89. The van der Waals surface area contributed by atoms with E-state index in [4.69, 9.17) is 0 Å². The molecular formula is C18H19F2NO2S. The van der Waals surface area contributed by atoms with Gasteiger partial charge in [-0.15, -0.1) is 0 Å². The van der Waals surface area contributed by atoms with Gasteiger partial charge in [0.05, 0.1) is 10.9 Å². The van der Waals surface area contributed by atoms with Crippen LogP contribution in [0.1, 0.15) is 36.4 Å². The lowest BCUT2D eigenvalue weighted by atomic mass is 9.99. The number of rotatable bonds is 4. The number of nitrogens with one attached hydrogen (secondary N) is 1. The van der Waals surface area contributed by atoms with Crippen molar-refractivity contribution >= 4 is 15.5 Å². The Balaban J connectivity index is 1.82. The second-order valence-electron chi connectivity index (χ2n) is 5.97. The number of sulfone groups is 1. The van der Waals surface area contributed by atoms with Crippen molar-refractivity contribution in [1.29, 1.82) is 0 Å². The number of halogens is 2. The van der Waals surface area contributed by atoms with Crippen LogP contribution in [0, 0.1) is 0 Å². The first-order valence-corrected chi connectivity index (χ1v) is 9.49. The lowest BCUT2D eigenvalue weighted by Gasteiger charge is -2.20. The molecule has 1 aliphatic rings. The number of benzene rings is 2. The molecule has 1 aliphatic carbocycles. The average Bonchev–Trinajstić information content (AvgIpc) is 2.78. The minimum absolute atomic E-state index is 0.140. The highest BCUT2D eigenvalue weighted by atomic mass is 32.2. The molecule has 0 radical (unpaired) electrons. The van der Waals surface area contributed by atoms with Gasteiger partial charge in [-0.3, -0.25) is 0 Å². The fraction of sp³-hybridized carbons (Fsp3) is 0.333. The molecule has 2 aromatic rings. The molecule has 0 aliphatic heterocycles. The van der Waals surface area contributed by atoms with Gasteiger partial charge in [-0.2, -0.15) is 8.78 Å². The van der Waals surface area contributed by atoms with Gasteiger partial charge in [-0.05, 0) is 54.7 Å². The van der Waals surface area contributed by atoms with Crippen molar-refractivity contribution in [1.82, 2.24) is 0 Å². The number of alkyl halides is 2. The standard InChI is InChI=1S/C18H19F2NO2S/c19-18(20)24(22,23)15-11-9-14(10-12-15)21-17-8-4-2-6-13-5-1-3-7-16(13)17/h1,3,5,7,9-12,17-18,21H,2,4,6,8H2. The maximum atomic E-state index is 12.6. The molecule has 0 spiro atoms. The average molecular weight is 351 g/mol. The van der Waals surface area contributed by atoms with E-state index in [-0.39, 0.29) is 10.9 Å². The first kappa shape index (κ1) is 16.9. The Labute approximate surface area is 140 Å². The normalized spacial score (nSPS) is 18.0. The maximum Gasteiger partial charge on any atom is 0.341 e. The second-order valence-corrected chi connectivity index (χ2v) is 7.89. The van der Waals surface area contributed by atoms with Crippen molar-refractivity contribution in [3.63, 3.8) is 0 Å². The van der Waals surface area contributed by atoms with E-state index in [9.17, 15) is 17.2 Å². The summed E-state index contributed by atoms with van der Waals surface area (Å²) in [5.74, 6) is -3.40. The summed E-state index contributed by atoms with van der Waals surface area (Å²) in [7, 11) is -4.54. The molecule has 0 heterocycles. The van der Waals surface area contributed by atoms with Crippen LogP contribution in [0.4, 0.5) is 14.5 Å². The largest absolute Gasteiger partial charge is 0.378 e. The molecule has 128 valence electrons. The van der Waals surface area contributed by atoms with Crippen LogP contribution in [0.5, 0.6) is 0 Å². The molecule has 1 atom stereocenters. The first-order chi connectivity index (χ1) is 11.5. The predicted octanol–water partition coefficient (Wildman–Crippen LogP) is 4.56. The van der Waals surface area contributed by atoms with E-state index in [1.165, 1.54) is 23.3 Å². The van der Waals surface area contributed by atoms with E-state index in [0.717, 1.165) is 31.4 Å². The zero-order valence-corrected chi connectivity index (χ0v) is 13.9. The fourth-order valence-electron chi connectivity index (χ4n) is 3.12. The Morgan fingerprint density at radius 1 is 1.00 bits per heavy atom. The van der Waals surface area contributed by atoms with Crippen molar-refractivity contribution in [2.75, 3.05) is 5.32 Å². The molecule has 24 heavy (non-hydrogen) atoms. The zero-order chi connectivity index (χ0) is 17.2. The lowest BCUT2D eigenvalue weighted by Crippen LogP contribution is -2.13. The Kier molecular flexibility index (Phi) is 4.85. The van der Waals surface area contributed by atoms with Crippen LogP contribution in [-0.4, -0.2) is 14.2 Å². The number of anilines is 1. The van der Waals surface area contributed by atoms with E-state index in [1.54, 1.807) is 12.1 Å². The van der Waals surface area contributed by atoms with Crippen molar-refractivity contribution in [3.05, 3.63) is 59.7 Å². The van der Waals surface area contributed by atoms with E-state index in [1.807, 2.05) is 12.1 Å². The molecule has 1 unspecified atom stereocenters. The smallest absolute Gasteiger partial charge is 0.341 e. The summed E-state index contributed by atoms with van der Waals surface area (Å²) < 4.78 is 48.1. The van der Waals surface area contributed by atoms with Gasteiger partial charge in [0.2, 0.25) is 9.84 Å². The fourth-order valence-corrected chi connectivity index (χ4v) is 3.84. The van der Waals surface area contributed by atoms with Crippen molar-refractivity contribution in [2.45, 2.75) is 42.4 Å². The van der Waals surface area contributed by atoms with Crippen LogP contribution < -0.4 is 5.32 Å². The quantitative estimate of drug-likeness (QED) is 0.821. The summed E-state index contributed by atoms with van der Waals surface area (Å²) in [5.41, 5.74) is 3.30. The van der Waals surface area contributed by atoms with E-state index < -0.39 is 15.6 Å². The molecule has 0 saturated carbocycles. The SMILES string of the molecule is O=S(=O)(c1ccc(NC2CCCCc3ccccc32)cc1)C(F)F. The molecule has 6 heteroatoms. The number of hydrogen-bond donors (Lipinski definition) is 1. The minimum atomic E-state index is -4.54. The van der Waals surface area contributed by atoms with Crippen LogP contribution in [0.25, 0.3) is 0 Å². The number of fused-ring (bicyclic) bond motifs is 1.